The minimum absolute atomic E-state index is 0.154. The summed E-state index contributed by atoms with van der Waals surface area (Å²) in [5, 5.41) is 3.07. The normalized spacial score (nSPS) is 12.1. The zero-order chi connectivity index (χ0) is 28.4. The van der Waals surface area contributed by atoms with Gasteiger partial charge < -0.3 is 18.9 Å². The molecule has 1 aromatic heterocycles. The topological polar surface area (TPSA) is 96.0 Å². The predicted molar refractivity (Wildman–Crippen MR) is 142 cm³/mol. The fourth-order valence-corrected chi connectivity index (χ4v) is 5.06. The number of thioether (sulfide) groups is 1. The van der Waals surface area contributed by atoms with Gasteiger partial charge in [0, 0.05) is 24.5 Å². The van der Waals surface area contributed by atoms with E-state index in [1.54, 1.807) is 20.0 Å². The van der Waals surface area contributed by atoms with Gasteiger partial charge in [-0.05, 0) is 50.2 Å². The number of carbonyl (C=O) groups excluding carboxylic acids is 2. The maximum Gasteiger partial charge on any atom is 0.416 e. The summed E-state index contributed by atoms with van der Waals surface area (Å²) in [5.74, 6) is 0.396. The lowest BCUT2D eigenvalue weighted by Crippen LogP contribution is -2.18. The minimum Gasteiger partial charge on any atom is -0.488 e. The van der Waals surface area contributed by atoms with Gasteiger partial charge in [0.1, 0.15) is 23.4 Å². The number of rotatable bonds is 13. The summed E-state index contributed by atoms with van der Waals surface area (Å²) in [6.45, 7) is 4.15. The highest BCUT2D eigenvalue weighted by Crippen LogP contribution is 2.33. The summed E-state index contributed by atoms with van der Waals surface area (Å²) < 4.78 is 61.1. The molecular formula is C26H27F3N2O6S2. The van der Waals surface area contributed by atoms with E-state index in [1.807, 2.05) is 0 Å². The molecule has 0 radical (unpaired) electrons. The summed E-state index contributed by atoms with van der Waals surface area (Å²) in [6.07, 6.45) is -2.96. The fraction of sp³-hybridized carbons (Fsp3) is 0.346. The number of hydrogen-bond donors (Lipinski definition) is 1. The number of benzene rings is 2. The Balaban J connectivity index is 1.74. The number of methoxy groups -OCH3 is 1. The van der Waals surface area contributed by atoms with Crippen LogP contribution in [0.5, 0.6) is 17.2 Å². The number of hydrogen-bond acceptors (Lipinski definition) is 9. The maximum absolute atomic E-state index is 13.0. The molecule has 1 N–H and O–H groups in total. The van der Waals surface area contributed by atoms with Gasteiger partial charge in [0.25, 0.3) is 5.91 Å². The molecule has 0 bridgehead atoms. The summed E-state index contributed by atoms with van der Waals surface area (Å²) in [6, 6.07) is 8.71. The van der Waals surface area contributed by atoms with Gasteiger partial charge in [0.15, 0.2) is 5.13 Å². The van der Waals surface area contributed by atoms with Gasteiger partial charge in [-0.1, -0.05) is 11.3 Å². The summed E-state index contributed by atoms with van der Waals surface area (Å²) >= 11 is 2.67. The summed E-state index contributed by atoms with van der Waals surface area (Å²) in [7, 11) is 1.53. The molecule has 39 heavy (non-hydrogen) atoms. The van der Waals surface area contributed by atoms with E-state index >= 15 is 0 Å². The molecule has 0 unspecified atom stereocenters. The van der Waals surface area contributed by atoms with E-state index in [0.29, 0.717) is 29.8 Å². The van der Waals surface area contributed by atoms with Gasteiger partial charge in [-0.15, -0.1) is 11.8 Å². The van der Waals surface area contributed by atoms with Crippen molar-refractivity contribution in [3.63, 3.8) is 0 Å². The van der Waals surface area contributed by atoms with Crippen LogP contribution in [-0.2, 0) is 20.4 Å². The lowest BCUT2D eigenvalue weighted by molar-refractivity contribution is -0.142. The average Bonchev–Trinajstić information content (AvgIpc) is 3.31. The number of aromatic nitrogens is 1. The standard InChI is InChI=1S/C26H27F3N2O6S2/c1-4-35-22(32)9-10-38-23-14-30-25(39-23)31-24(33)17-11-20(36-16(2)15-34-3)13-21(12-17)37-19-7-5-18(6-8-19)26(27,28)29/h5-8,11-14,16H,4,9-10,15H2,1-3H3,(H,30,31,33)/t16-/m0/s1. The van der Waals surface area contributed by atoms with E-state index in [2.05, 4.69) is 10.3 Å². The van der Waals surface area contributed by atoms with Crippen molar-refractivity contribution in [2.45, 2.75) is 36.8 Å². The van der Waals surface area contributed by atoms with Crippen molar-refractivity contribution in [3.05, 3.63) is 59.8 Å². The van der Waals surface area contributed by atoms with Crippen molar-refractivity contribution < 1.29 is 41.7 Å². The Morgan fingerprint density at radius 2 is 1.82 bits per heavy atom. The van der Waals surface area contributed by atoms with E-state index in [0.717, 1.165) is 16.3 Å². The first-order valence-electron chi connectivity index (χ1n) is 11.8. The molecular weight excluding hydrogens is 557 g/mol. The molecule has 0 aliphatic carbocycles. The van der Waals surface area contributed by atoms with Gasteiger partial charge in [-0.2, -0.15) is 13.2 Å². The van der Waals surface area contributed by atoms with Crippen LogP contribution in [0, 0.1) is 0 Å². The van der Waals surface area contributed by atoms with E-state index in [1.165, 1.54) is 60.5 Å². The van der Waals surface area contributed by atoms with Crippen molar-refractivity contribution in [2.24, 2.45) is 0 Å². The molecule has 13 heteroatoms. The van der Waals surface area contributed by atoms with Crippen LogP contribution >= 0.6 is 23.1 Å². The Labute approximate surface area is 231 Å². The number of ether oxygens (including phenoxy) is 4. The molecule has 0 aliphatic rings. The van der Waals surface area contributed by atoms with Crippen LogP contribution < -0.4 is 14.8 Å². The van der Waals surface area contributed by atoms with Gasteiger partial charge >= 0.3 is 12.1 Å². The highest BCUT2D eigenvalue weighted by molar-refractivity contribution is 8.01. The van der Waals surface area contributed by atoms with E-state index in [-0.39, 0.29) is 35.6 Å². The first-order chi connectivity index (χ1) is 18.6. The molecule has 1 heterocycles. The number of thiazole rings is 1. The average molecular weight is 585 g/mol. The molecule has 0 spiro atoms. The molecule has 3 rings (SSSR count). The van der Waals surface area contributed by atoms with Crippen LogP contribution in [0.1, 0.15) is 36.2 Å². The lowest BCUT2D eigenvalue weighted by Gasteiger charge is -2.16. The van der Waals surface area contributed by atoms with Crippen LogP contribution in [0.4, 0.5) is 18.3 Å². The third-order valence-corrected chi connectivity index (χ3v) is 6.97. The quantitative estimate of drug-likeness (QED) is 0.176. The highest BCUT2D eigenvalue weighted by Gasteiger charge is 2.30. The molecule has 1 atom stereocenters. The number of halogens is 3. The van der Waals surface area contributed by atoms with E-state index in [4.69, 9.17) is 18.9 Å². The van der Waals surface area contributed by atoms with Crippen molar-refractivity contribution in [2.75, 3.05) is 31.4 Å². The second kappa shape index (κ2) is 14.2. The molecule has 210 valence electrons. The summed E-state index contributed by atoms with van der Waals surface area (Å²) in [5.41, 5.74) is -0.618. The Hall–Kier alpha value is -3.29. The van der Waals surface area contributed by atoms with Crippen LogP contribution in [0.2, 0.25) is 0 Å². The monoisotopic (exact) mass is 584 g/mol. The number of alkyl halides is 3. The second-order valence-electron chi connectivity index (χ2n) is 8.04. The Kier molecular flexibility index (Phi) is 11.0. The molecule has 3 aromatic rings. The number of anilines is 1. The minimum atomic E-state index is -4.47. The zero-order valence-electron chi connectivity index (χ0n) is 21.4. The number of esters is 1. The van der Waals surface area contributed by atoms with Gasteiger partial charge in [-0.25, -0.2) is 4.98 Å². The largest absolute Gasteiger partial charge is 0.488 e. The third kappa shape index (κ3) is 9.75. The molecule has 0 saturated heterocycles. The number of carbonyl (C=O) groups is 2. The van der Waals surface area contributed by atoms with Gasteiger partial charge in [0.05, 0.1) is 35.6 Å². The number of amides is 1. The SMILES string of the molecule is CCOC(=O)CCSc1cnc(NC(=O)c2cc(Oc3ccc(C(F)(F)F)cc3)cc(O[C@@H](C)COC)c2)s1. The first kappa shape index (κ1) is 30.3. The van der Waals surface area contributed by atoms with E-state index < -0.39 is 17.6 Å². The second-order valence-corrected chi connectivity index (χ2v) is 10.5. The number of nitrogens with zero attached hydrogens (tertiary/aromatic N) is 1. The molecule has 1 amide bonds. The zero-order valence-corrected chi connectivity index (χ0v) is 23.0. The van der Waals surface area contributed by atoms with Crippen LogP contribution in [0.3, 0.4) is 0 Å². The Morgan fingerprint density at radius 1 is 1.10 bits per heavy atom. The Morgan fingerprint density at radius 3 is 2.49 bits per heavy atom. The fourth-order valence-electron chi connectivity index (χ4n) is 3.20. The lowest BCUT2D eigenvalue weighted by atomic mass is 10.1. The molecule has 0 aliphatic heterocycles. The third-order valence-electron chi connectivity index (χ3n) is 4.86. The molecule has 8 nitrogen and oxygen atoms in total. The molecule has 0 fully saturated rings. The first-order valence-corrected chi connectivity index (χ1v) is 13.6. The van der Waals surface area contributed by atoms with Crippen LogP contribution in [-0.4, -0.2) is 49.0 Å². The Bertz CT molecular complexity index is 1250. The molecule has 0 saturated carbocycles. The summed E-state index contributed by atoms with van der Waals surface area (Å²) in [4.78, 5) is 28.7. The van der Waals surface area contributed by atoms with Gasteiger partial charge in [0.2, 0.25) is 0 Å². The van der Waals surface area contributed by atoms with Crippen molar-refractivity contribution in [1.82, 2.24) is 4.98 Å². The maximum atomic E-state index is 13.0. The van der Waals surface area contributed by atoms with Crippen molar-refractivity contribution in [1.29, 1.82) is 0 Å². The predicted octanol–water partition coefficient (Wildman–Crippen LogP) is 6.67. The van der Waals surface area contributed by atoms with Gasteiger partial charge in [-0.3, -0.25) is 14.9 Å². The van der Waals surface area contributed by atoms with E-state index in [9.17, 15) is 22.8 Å². The smallest absolute Gasteiger partial charge is 0.416 e. The van der Waals surface area contributed by atoms with Crippen molar-refractivity contribution >= 4 is 40.1 Å². The van der Waals surface area contributed by atoms with Crippen molar-refractivity contribution in [3.8, 4) is 17.2 Å². The van der Waals surface area contributed by atoms with Crippen LogP contribution in [0.15, 0.2) is 52.9 Å². The molecule has 2 aromatic carbocycles. The highest BCUT2D eigenvalue weighted by atomic mass is 32.2. The number of nitrogens with one attached hydrogen (secondary N) is 1. The van der Waals surface area contributed by atoms with Crippen LogP contribution in [0.25, 0.3) is 0 Å².